The lowest BCUT2D eigenvalue weighted by molar-refractivity contribution is -0.119. The number of likely N-dealkylation sites (N-methyl/N-ethyl adjacent to an activating group) is 1. The van der Waals surface area contributed by atoms with Crippen LogP contribution in [0.2, 0.25) is 0 Å². The second kappa shape index (κ2) is 9.07. The van der Waals surface area contributed by atoms with Gasteiger partial charge in [-0.15, -0.1) is 0 Å². The molecule has 0 aliphatic carbocycles. The van der Waals surface area contributed by atoms with Crippen molar-refractivity contribution in [1.29, 1.82) is 0 Å². The van der Waals surface area contributed by atoms with E-state index in [0.29, 0.717) is 25.4 Å². The Balaban J connectivity index is 2.62. The molecular formula is C15H25N3O3. The Morgan fingerprint density at radius 1 is 1.33 bits per heavy atom. The second-order valence-corrected chi connectivity index (χ2v) is 4.81. The highest BCUT2D eigenvalue weighted by atomic mass is 16.5. The molecule has 0 aliphatic heterocycles. The third-order valence-electron chi connectivity index (χ3n) is 2.84. The lowest BCUT2D eigenvalue weighted by Gasteiger charge is -2.20. The number of ether oxygens (including phenoxy) is 2. The van der Waals surface area contributed by atoms with Gasteiger partial charge in [0.2, 0.25) is 5.91 Å². The zero-order valence-corrected chi connectivity index (χ0v) is 13.0. The minimum Gasteiger partial charge on any atom is -0.493 e. The van der Waals surface area contributed by atoms with Crippen LogP contribution in [0.3, 0.4) is 0 Å². The standard InChI is InChI=1S/C15H25N3O3/c1-4-6-21-14-9-12(16)8-13(10-14)18(2)11-15(19)17-5-7-20-3/h8-10H,4-7,11,16H2,1-3H3,(H,17,19). The van der Waals surface area contributed by atoms with Crippen LogP contribution in [0.15, 0.2) is 18.2 Å². The normalized spacial score (nSPS) is 10.2. The number of hydrogen-bond acceptors (Lipinski definition) is 5. The van der Waals surface area contributed by atoms with Crippen LogP contribution >= 0.6 is 0 Å². The van der Waals surface area contributed by atoms with Gasteiger partial charge >= 0.3 is 0 Å². The predicted molar refractivity (Wildman–Crippen MR) is 84.8 cm³/mol. The molecule has 1 aromatic rings. The molecule has 0 saturated carbocycles. The summed E-state index contributed by atoms with van der Waals surface area (Å²) in [5, 5.41) is 2.78. The summed E-state index contributed by atoms with van der Waals surface area (Å²) in [5.74, 6) is 0.659. The Labute approximate surface area is 126 Å². The summed E-state index contributed by atoms with van der Waals surface area (Å²) in [6.07, 6.45) is 0.932. The first-order valence-corrected chi connectivity index (χ1v) is 7.07. The van der Waals surface area contributed by atoms with Crippen LogP contribution < -0.4 is 20.7 Å². The van der Waals surface area contributed by atoms with Gasteiger partial charge in [-0.3, -0.25) is 4.79 Å². The monoisotopic (exact) mass is 295 g/mol. The molecule has 0 radical (unpaired) electrons. The SMILES string of the molecule is CCCOc1cc(N)cc(N(C)CC(=O)NCCOC)c1. The molecule has 1 amide bonds. The van der Waals surface area contributed by atoms with Gasteiger partial charge in [0.05, 0.1) is 19.8 Å². The number of methoxy groups -OCH3 is 1. The van der Waals surface area contributed by atoms with Crippen molar-refractivity contribution in [1.82, 2.24) is 5.32 Å². The van der Waals surface area contributed by atoms with E-state index in [1.807, 2.05) is 31.0 Å². The number of nitrogen functional groups attached to an aromatic ring is 1. The highest BCUT2D eigenvalue weighted by Crippen LogP contribution is 2.25. The molecule has 0 atom stereocenters. The quantitative estimate of drug-likeness (QED) is 0.530. The van der Waals surface area contributed by atoms with E-state index in [2.05, 4.69) is 5.32 Å². The zero-order chi connectivity index (χ0) is 15.7. The maximum Gasteiger partial charge on any atom is 0.239 e. The molecule has 0 saturated heterocycles. The van der Waals surface area contributed by atoms with Gasteiger partial charge in [0.1, 0.15) is 5.75 Å². The molecule has 0 heterocycles. The number of rotatable bonds is 9. The van der Waals surface area contributed by atoms with E-state index >= 15 is 0 Å². The van der Waals surface area contributed by atoms with E-state index in [1.54, 1.807) is 13.2 Å². The molecule has 1 rings (SSSR count). The highest BCUT2D eigenvalue weighted by Gasteiger charge is 2.09. The molecule has 0 unspecified atom stereocenters. The van der Waals surface area contributed by atoms with Crippen LogP contribution in [0.25, 0.3) is 0 Å². The number of nitrogens with zero attached hydrogens (tertiary/aromatic N) is 1. The van der Waals surface area contributed by atoms with Gasteiger partial charge in [-0.25, -0.2) is 0 Å². The van der Waals surface area contributed by atoms with Crippen LogP contribution in [0.5, 0.6) is 5.75 Å². The van der Waals surface area contributed by atoms with Crippen molar-refractivity contribution >= 4 is 17.3 Å². The van der Waals surface area contributed by atoms with Crippen LogP contribution in [0.4, 0.5) is 11.4 Å². The minimum atomic E-state index is -0.0620. The third kappa shape index (κ3) is 6.35. The van der Waals surface area contributed by atoms with Crippen molar-refractivity contribution < 1.29 is 14.3 Å². The Bertz CT molecular complexity index is 452. The molecule has 6 nitrogen and oxygen atoms in total. The van der Waals surface area contributed by atoms with Crippen LogP contribution in [-0.4, -0.2) is 46.4 Å². The van der Waals surface area contributed by atoms with Crippen LogP contribution in [-0.2, 0) is 9.53 Å². The molecule has 0 aromatic heterocycles. The summed E-state index contributed by atoms with van der Waals surface area (Å²) in [5.41, 5.74) is 7.34. The fourth-order valence-electron chi connectivity index (χ4n) is 1.78. The Hall–Kier alpha value is -1.95. The highest BCUT2D eigenvalue weighted by molar-refractivity contribution is 5.81. The molecule has 3 N–H and O–H groups in total. The van der Waals surface area contributed by atoms with Gasteiger partial charge in [-0.1, -0.05) is 6.92 Å². The Morgan fingerprint density at radius 2 is 2.10 bits per heavy atom. The zero-order valence-electron chi connectivity index (χ0n) is 13.0. The average Bonchev–Trinajstić information content (AvgIpc) is 2.44. The number of carbonyl (C=O) groups is 1. The largest absolute Gasteiger partial charge is 0.493 e. The van der Waals surface area contributed by atoms with Gasteiger partial charge < -0.3 is 25.4 Å². The fourth-order valence-corrected chi connectivity index (χ4v) is 1.78. The number of nitrogens with two attached hydrogens (primary N) is 1. The lowest BCUT2D eigenvalue weighted by Crippen LogP contribution is -2.36. The molecule has 0 aliphatic rings. The van der Waals surface area contributed by atoms with E-state index < -0.39 is 0 Å². The predicted octanol–water partition coefficient (Wildman–Crippen LogP) is 1.26. The second-order valence-electron chi connectivity index (χ2n) is 4.81. The summed E-state index contributed by atoms with van der Waals surface area (Å²) in [6.45, 7) is 3.95. The number of nitrogens with one attached hydrogen (secondary N) is 1. The van der Waals surface area contributed by atoms with E-state index in [-0.39, 0.29) is 12.5 Å². The Morgan fingerprint density at radius 3 is 2.76 bits per heavy atom. The number of carbonyl (C=O) groups excluding carboxylic acids is 1. The average molecular weight is 295 g/mol. The van der Waals surface area contributed by atoms with Gasteiger partial charge in [0.25, 0.3) is 0 Å². The number of anilines is 2. The maximum absolute atomic E-state index is 11.8. The minimum absolute atomic E-state index is 0.0620. The first kappa shape index (κ1) is 17.1. The number of amides is 1. The van der Waals surface area contributed by atoms with E-state index in [9.17, 15) is 4.79 Å². The van der Waals surface area contributed by atoms with E-state index in [0.717, 1.165) is 17.9 Å². The fraction of sp³-hybridized carbons (Fsp3) is 0.533. The number of hydrogen-bond donors (Lipinski definition) is 2. The van der Waals surface area contributed by atoms with Gasteiger partial charge in [-0.2, -0.15) is 0 Å². The molecule has 6 heteroatoms. The van der Waals surface area contributed by atoms with Crippen LogP contribution in [0, 0.1) is 0 Å². The summed E-state index contributed by atoms with van der Waals surface area (Å²) in [7, 11) is 3.44. The smallest absolute Gasteiger partial charge is 0.239 e. The molecular weight excluding hydrogens is 270 g/mol. The summed E-state index contributed by atoms with van der Waals surface area (Å²) in [6, 6.07) is 5.49. The molecule has 0 spiro atoms. The molecule has 118 valence electrons. The van der Waals surface area contributed by atoms with E-state index in [1.165, 1.54) is 0 Å². The molecule has 0 fully saturated rings. The van der Waals surface area contributed by atoms with Crippen molar-refractivity contribution in [2.75, 3.05) is 51.1 Å². The van der Waals surface area contributed by atoms with E-state index in [4.69, 9.17) is 15.2 Å². The molecule has 0 bridgehead atoms. The Kier molecular flexibility index (Phi) is 7.39. The van der Waals surface area contributed by atoms with Crippen molar-refractivity contribution in [2.45, 2.75) is 13.3 Å². The van der Waals surface area contributed by atoms with Gasteiger partial charge in [-0.05, 0) is 12.5 Å². The molecule has 1 aromatic carbocycles. The summed E-state index contributed by atoms with van der Waals surface area (Å²) >= 11 is 0. The maximum atomic E-state index is 11.8. The van der Waals surface area contributed by atoms with Crippen molar-refractivity contribution in [3.63, 3.8) is 0 Å². The molecule has 21 heavy (non-hydrogen) atoms. The first-order chi connectivity index (χ1) is 10.1. The van der Waals surface area contributed by atoms with Crippen molar-refractivity contribution in [2.24, 2.45) is 0 Å². The topological polar surface area (TPSA) is 76.8 Å². The lowest BCUT2D eigenvalue weighted by atomic mass is 10.2. The van der Waals surface area contributed by atoms with Crippen molar-refractivity contribution in [3.05, 3.63) is 18.2 Å². The number of benzene rings is 1. The van der Waals surface area contributed by atoms with Crippen LogP contribution in [0.1, 0.15) is 13.3 Å². The van der Waals surface area contributed by atoms with Crippen molar-refractivity contribution in [3.8, 4) is 5.75 Å². The van der Waals surface area contributed by atoms with Gasteiger partial charge in [0, 0.05) is 44.2 Å². The summed E-state index contributed by atoms with van der Waals surface area (Å²) in [4.78, 5) is 13.6. The third-order valence-corrected chi connectivity index (χ3v) is 2.84. The summed E-state index contributed by atoms with van der Waals surface area (Å²) < 4.78 is 10.5. The van der Waals surface area contributed by atoms with Gasteiger partial charge in [0.15, 0.2) is 0 Å². The first-order valence-electron chi connectivity index (χ1n) is 7.07.